The Kier molecular flexibility index (Phi) is 5.95. The summed E-state index contributed by atoms with van der Waals surface area (Å²) in [6.45, 7) is 7.01. The molecule has 0 aromatic heterocycles. The number of benzene rings is 2. The van der Waals surface area contributed by atoms with Gasteiger partial charge in [-0.2, -0.15) is 0 Å². The van der Waals surface area contributed by atoms with Crippen molar-refractivity contribution < 1.29 is 5.11 Å². The van der Waals surface area contributed by atoms with Crippen LogP contribution >= 0.6 is 0 Å². The second-order valence-electron chi connectivity index (χ2n) is 9.84. The maximum atomic E-state index is 12.2. The van der Waals surface area contributed by atoms with Crippen molar-refractivity contribution in [3.63, 3.8) is 0 Å². The minimum atomic E-state index is -0.740. The normalized spacial score (nSPS) is 28.5. The standard InChI is InChI=1S/C27H36N2O/c30-27(25-9-2-1-3-10-25,26-21-29-17-12-24(26)13-18-29)14-11-22-7-6-8-23(19-22)20-28-15-4-5-16-28/h1-3,6-10,19,24,26,30H,4-5,11-18,20-21H2. The largest absolute Gasteiger partial charge is 0.385 e. The van der Waals surface area contributed by atoms with Gasteiger partial charge in [0.15, 0.2) is 0 Å². The first kappa shape index (κ1) is 20.2. The SMILES string of the molecule is OC(CCc1cccc(CN2CCCC2)c1)(c1ccccc1)C1CN2CCC1CC2. The maximum Gasteiger partial charge on any atom is 0.0942 e. The van der Waals surface area contributed by atoms with Crippen LogP contribution in [0, 0.1) is 11.8 Å². The molecule has 4 fully saturated rings. The summed E-state index contributed by atoms with van der Waals surface area (Å²) in [6.07, 6.45) is 6.89. The topological polar surface area (TPSA) is 26.7 Å². The lowest BCUT2D eigenvalue weighted by molar-refractivity contribution is -0.106. The van der Waals surface area contributed by atoms with Crippen molar-refractivity contribution in [2.24, 2.45) is 11.8 Å². The van der Waals surface area contributed by atoms with E-state index >= 15 is 0 Å². The summed E-state index contributed by atoms with van der Waals surface area (Å²) >= 11 is 0. The highest BCUT2D eigenvalue weighted by molar-refractivity contribution is 5.27. The smallest absolute Gasteiger partial charge is 0.0942 e. The first-order valence-electron chi connectivity index (χ1n) is 12.0. The fraction of sp³-hybridized carbons (Fsp3) is 0.556. The van der Waals surface area contributed by atoms with Gasteiger partial charge in [-0.05, 0) is 87.3 Å². The highest BCUT2D eigenvalue weighted by Crippen LogP contribution is 2.45. The number of nitrogens with zero attached hydrogens (tertiary/aromatic N) is 2. The van der Waals surface area contributed by atoms with Gasteiger partial charge in [0.25, 0.3) is 0 Å². The third-order valence-corrected chi connectivity index (χ3v) is 7.93. The Morgan fingerprint density at radius 2 is 1.60 bits per heavy atom. The van der Waals surface area contributed by atoms with Crippen LogP contribution in [0.5, 0.6) is 0 Å². The summed E-state index contributed by atoms with van der Waals surface area (Å²) in [5.74, 6) is 0.997. The Morgan fingerprint density at radius 3 is 2.30 bits per heavy atom. The van der Waals surface area contributed by atoms with Gasteiger partial charge in [-0.3, -0.25) is 4.90 Å². The molecule has 2 aromatic carbocycles. The molecule has 4 aliphatic heterocycles. The Balaban J connectivity index is 1.34. The predicted octanol–water partition coefficient (Wildman–Crippen LogP) is 4.44. The molecule has 0 radical (unpaired) electrons. The van der Waals surface area contributed by atoms with E-state index in [1.54, 1.807) is 0 Å². The molecule has 160 valence electrons. The van der Waals surface area contributed by atoms with E-state index in [0.717, 1.165) is 31.5 Å². The third-order valence-electron chi connectivity index (χ3n) is 7.93. The van der Waals surface area contributed by atoms with Crippen LogP contribution in [0.25, 0.3) is 0 Å². The van der Waals surface area contributed by atoms with E-state index in [2.05, 4.69) is 64.4 Å². The first-order chi connectivity index (χ1) is 14.7. The van der Waals surface area contributed by atoms with Crippen LogP contribution in [0.4, 0.5) is 0 Å². The van der Waals surface area contributed by atoms with Gasteiger partial charge in [0.1, 0.15) is 0 Å². The first-order valence-corrected chi connectivity index (χ1v) is 12.0. The summed E-state index contributed by atoms with van der Waals surface area (Å²) in [5, 5.41) is 12.2. The zero-order valence-corrected chi connectivity index (χ0v) is 18.2. The van der Waals surface area contributed by atoms with Crippen molar-refractivity contribution >= 4 is 0 Å². The molecular weight excluding hydrogens is 368 g/mol. The van der Waals surface area contributed by atoms with E-state index in [9.17, 15) is 5.11 Å². The Hall–Kier alpha value is -1.68. The molecule has 2 unspecified atom stereocenters. The lowest BCUT2D eigenvalue weighted by Crippen LogP contribution is -2.55. The zero-order valence-electron chi connectivity index (χ0n) is 18.2. The molecule has 4 aliphatic rings. The number of aliphatic hydroxyl groups is 1. The van der Waals surface area contributed by atoms with Crippen LogP contribution in [0.2, 0.25) is 0 Å². The van der Waals surface area contributed by atoms with Crippen molar-refractivity contribution in [2.45, 2.75) is 50.7 Å². The van der Waals surface area contributed by atoms with E-state index in [-0.39, 0.29) is 0 Å². The molecule has 0 aliphatic carbocycles. The number of aryl methyl sites for hydroxylation is 1. The molecule has 0 saturated carbocycles. The van der Waals surface area contributed by atoms with Crippen molar-refractivity contribution in [3.8, 4) is 0 Å². The number of piperidine rings is 3. The van der Waals surface area contributed by atoms with Crippen LogP contribution in [0.3, 0.4) is 0 Å². The number of likely N-dealkylation sites (tertiary alicyclic amines) is 1. The predicted molar refractivity (Wildman–Crippen MR) is 122 cm³/mol. The summed E-state index contributed by atoms with van der Waals surface area (Å²) in [7, 11) is 0. The molecule has 4 saturated heterocycles. The second kappa shape index (κ2) is 8.82. The van der Waals surface area contributed by atoms with E-state index in [1.807, 2.05) is 0 Å². The summed E-state index contributed by atoms with van der Waals surface area (Å²) in [6, 6.07) is 19.6. The quantitative estimate of drug-likeness (QED) is 0.739. The van der Waals surface area contributed by atoms with Gasteiger partial charge in [-0.1, -0.05) is 54.6 Å². The molecule has 2 bridgehead atoms. The lowest BCUT2D eigenvalue weighted by Gasteiger charge is -2.51. The second-order valence-corrected chi connectivity index (χ2v) is 9.84. The van der Waals surface area contributed by atoms with Crippen LogP contribution < -0.4 is 0 Å². The molecule has 0 amide bonds. The van der Waals surface area contributed by atoms with E-state index < -0.39 is 5.60 Å². The van der Waals surface area contributed by atoms with Gasteiger partial charge >= 0.3 is 0 Å². The van der Waals surface area contributed by atoms with Gasteiger partial charge in [-0.15, -0.1) is 0 Å². The van der Waals surface area contributed by atoms with Crippen LogP contribution in [0.15, 0.2) is 54.6 Å². The summed E-state index contributed by atoms with van der Waals surface area (Å²) in [4.78, 5) is 5.13. The number of rotatable bonds is 7. The highest BCUT2D eigenvalue weighted by atomic mass is 16.3. The molecule has 1 N–H and O–H groups in total. The summed E-state index contributed by atoms with van der Waals surface area (Å²) in [5.41, 5.74) is 3.15. The molecule has 30 heavy (non-hydrogen) atoms. The maximum absolute atomic E-state index is 12.2. The molecule has 3 nitrogen and oxygen atoms in total. The molecule has 6 rings (SSSR count). The van der Waals surface area contributed by atoms with Gasteiger partial charge in [0, 0.05) is 19.0 Å². The van der Waals surface area contributed by atoms with Crippen molar-refractivity contribution in [3.05, 3.63) is 71.3 Å². The Bertz CT molecular complexity index is 824. The van der Waals surface area contributed by atoms with E-state index in [4.69, 9.17) is 0 Å². The van der Waals surface area contributed by atoms with Crippen molar-refractivity contribution in [1.29, 1.82) is 0 Å². The third kappa shape index (κ3) is 4.21. The van der Waals surface area contributed by atoms with Crippen molar-refractivity contribution in [2.75, 3.05) is 32.7 Å². The van der Waals surface area contributed by atoms with E-state index in [1.165, 1.54) is 63.0 Å². The highest BCUT2D eigenvalue weighted by Gasteiger charge is 2.47. The average molecular weight is 405 g/mol. The zero-order chi connectivity index (χ0) is 20.4. The minimum Gasteiger partial charge on any atom is -0.385 e. The average Bonchev–Trinajstić information content (AvgIpc) is 3.32. The monoisotopic (exact) mass is 404 g/mol. The molecule has 0 spiro atoms. The van der Waals surface area contributed by atoms with Crippen molar-refractivity contribution in [1.82, 2.24) is 9.80 Å². The molecule has 2 atom stereocenters. The van der Waals surface area contributed by atoms with Gasteiger partial charge in [0.2, 0.25) is 0 Å². The number of hydrogen-bond donors (Lipinski definition) is 1. The van der Waals surface area contributed by atoms with E-state index in [0.29, 0.717) is 11.8 Å². The molecule has 4 heterocycles. The van der Waals surface area contributed by atoms with Gasteiger partial charge < -0.3 is 10.0 Å². The van der Waals surface area contributed by atoms with Gasteiger partial charge in [0.05, 0.1) is 5.60 Å². The molecular formula is C27H36N2O. The lowest BCUT2D eigenvalue weighted by atomic mass is 9.66. The number of fused-ring (bicyclic) bond motifs is 3. The Morgan fingerprint density at radius 1 is 0.867 bits per heavy atom. The van der Waals surface area contributed by atoms with Crippen LogP contribution in [-0.2, 0) is 18.6 Å². The fourth-order valence-electron chi connectivity index (χ4n) is 6.19. The fourth-order valence-corrected chi connectivity index (χ4v) is 6.19. The van der Waals surface area contributed by atoms with Gasteiger partial charge in [-0.25, -0.2) is 0 Å². The molecule has 2 aromatic rings. The summed E-state index contributed by atoms with van der Waals surface area (Å²) < 4.78 is 0. The number of hydrogen-bond acceptors (Lipinski definition) is 3. The minimum absolute atomic E-state index is 0.343. The van der Waals surface area contributed by atoms with Crippen LogP contribution in [-0.4, -0.2) is 47.6 Å². The molecule has 3 heteroatoms. The Labute approximate surface area is 181 Å². The van der Waals surface area contributed by atoms with Crippen LogP contribution in [0.1, 0.15) is 48.8 Å².